The number of aromatic nitrogens is 2. The predicted molar refractivity (Wildman–Crippen MR) is 71.6 cm³/mol. The molecule has 0 fully saturated rings. The van der Waals surface area contributed by atoms with Crippen LogP contribution in [0.2, 0.25) is 0 Å². The Morgan fingerprint density at radius 1 is 1.41 bits per heavy atom. The van der Waals surface area contributed by atoms with Gasteiger partial charge in [0.2, 0.25) is 0 Å². The number of aromatic amines is 1. The molecule has 0 aliphatic carbocycles. The second kappa shape index (κ2) is 4.50. The second-order valence-electron chi connectivity index (χ2n) is 4.77. The van der Waals surface area contributed by atoms with Gasteiger partial charge in [-0.05, 0) is 26.8 Å². The Morgan fingerprint density at radius 3 is 2.88 bits per heavy atom. The van der Waals surface area contributed by atoms with E-state index in [9.17, 15) is 4.55 Å². The molecule has 1 atom stereocenters. The van der Waals surface area contributed by atoms with Gasteiger partial charge in [-0.1, -0.05) is 16.5 Å². The second-order valence-corrected chi connectivity index (χ2v) is 6.71. The van der Waals surface area contributed by atoms with Gasteiger partial charge in [0.25, 0.3) is 0 Å². The van der Waals surface area contributed by atoms with Crippen LogP contribution in [0.25, 0.3) is 10.9 Å². The molecule has 1 N–H and O–H groups in total. The van der Waals surface area contributed by atoms with E-state index in [0.717, 1.165) is 16.5 Å². The number of fused-ring (bicyclic) bond motifs is 1. The van der Waals surface area contributed by atoms with Gasteiger partial charge in [0.15, 0.2) is 0 Å². The first-order valence-corrected chi connectivity index (χ1v) is 6.47. The van der Waals surface area contributed by atoms with Crippen LogP contribution in [-0.2, 0) is 11.4 Å². The normalized spacial score (nSPS) is 14.6. The third kappa shape index (κ3) is 2.68. The van der Waals surface area contributed by atoms with E-state index in [1.54, 1.807) is 12.4 Å². The summed E-state index contributed by atoms with van der Waals surface area (Å²) >= 11 is -1.23. The van der Waals surface area contributed by atoms with Gasteiger partial charge in [-0.3, -0.25) is 5.10 Å². The molecule has 17 heavy (non-hydrogen) atoms. The molecule has 5 heteroatoms. The van der Waals surface area contributed by atoms with E-state index in [0.29, 0.717) is 0 Å². The Labute approximate surface area is 103 Å². The van der Waals surface area contributed by atoms with Crippen LogP contribution in [0.1, 0.15) is 26.3 Å². The molecule has 90 valence electrons. The predicted octanol–water partition coefficient (Wildman–Crippen LogP) is 2.44. The summed E-state index contributed by atoms with van der Waals surface area (Å²) in [6.45, 7) is 5.71. The average molecular weight is 249 g/mol. The van der Waals surface area contributed by atoms with Gasteiger partial charge in [-0.15, -0.1) is 0 Å². The fourth-order valence-electron chi connectivity index (χ4n) is 1.37. The molecule has 0 aliphatic heterocycles. The van der Waals surface area contributed by atoms with Crippen LogP contribution >= 0.6 is 0 Å². The third-order valence-corrected chi connectivity index (χ3v) is 3.67. The Kier molecular flexibility index (Phi) is 3.22. The van der Waals surface area contributed by atoms with Gasteiger partial charge in [-0.25, -0.2) is 0 Å². The fraction of sp³-hybridized carbons (Fsp3) is 0.333. The minimum atomic E-state index is -1.23. The zero-order chi connectivity index (χ0) is 12.5. The summed E-state index contributed by atoms with van der Waals surface area (Å²) in [5.74, 6) is 0. The Hall–Kier alpha value is -1.33. The smallest absolute Gasteiger partial charge is 0.144 e. The van der Waals surface area contributed by atoms with Gasteiger partial charge < -0.3 is 4.55 Å². The number of hydrogen-bond acceptors (Lipinski definition) is 3. The van der Waals surface area contributed by atoms with Gasteiger partial charge in [0.05, 0.1) is 17.9 Å². The van der Waals surface area contributed by atoms with Gasteiger partial charge >= 0.3 is 0 Å². The van der Waals surface area contributed by atoms with Crippen molar-refractivity contribution in [2.75, 3.05) is 0 Å². The lowest BCUT2D eigenvalue weighted by atomic mass is 10.1. The molecule has 0 unspecified atom stereocenters. The molecular weight excluding hydrogens is 234 g/mol. The van der Waals surface area contributed by atoms with E-state index in [1.807, 2.05) is 39.0 Å². The Bertz CT molecular complexity index is 542. The van der Waals surface area contributed by atoms with Crippen molar-refractivity contribution in [3.8, 4) is 0 Å². The Balaban J connectivity index is 2.30. The summed E-state index contributed by atoms with van der Waals surface area (Å²) in [6, 6.07) is 5.80. The summed E-state index contributed by atoms with van der Waals surface area (Å²) in [7, 11) is 0. The van der Waals surface area contributed by atoms with Crippen molar-refractivity contribution in [1.82, 2.24) is 10.2 Å². The maximum Gasteiger partial charge on any atom is 0.144 e. The number of hydrogen-bond donors (Lipinski definition) is 1. The highest BCUT2D eigenvalue weighted by molar-refractivity contribution is 7.91. The quantitative estimate of drug-likeness (QED) is 0.656. The monoisotopic (exact) mass is 249 g/mol. The van der Waals surface area contributed by atoms with E-state index in [1.165, 1.54) is 0 Å². The van der Waals surface area contributed by atoms with Crippen LogP contribution in [-0.4, -0.2) is 25.7 Å². The highest BCUT2D eigenvalue weighted by atomic mass is 32.2. The standard InChI is InChI=1S/C12H15N3OS/c1-12(2,3)17(16)14-7-9-5-4-6-11-10(9)8-13-15-11/h4-8H,1-3H3,(H,13,15)/t17-/m1/s1. The molecule has 0 radical (unpaired) electrons. The highest BCUT2D eigenvalue weighted by Crippen LogP contribution is 2.18. The lowest BCUT2D eigenvalue weighted by Crippen LogP contribution is -2.25. The molecule has 0 saturated heterocycles. The van der Waals surface area contributed by atoms with Crippen LogP contribution in [0.5, 0.6) is 0 Å². The summed E-state index contributed by atoms with van der Waals surface area (Å²) in [6.07, 6.45) is 3.40. The Morgan fingerprint density at radius 2 is 2.18 bits per heavy atom. The maximum absolute atomic E-state index is 11.8. The fourth-order valence-corrected chi connectivity index (χ4v) is 1.89. The van der Waals surface area contributed by atoms with Crippen LogP contribution < -0.4 is 0 Å². The number of H-pyrrole nitrogens is 1. The van der Waals surface area contributed by atoms with Crippen molar-refractivity contribution >= 4 is 28.5 Å². The molecule has 1 aromatic heterocycles. The zero-order valence-electron chi connectivity index (χ0n) is 10.1. The topological polar surface area (TPSA) is 64.1 Å². The highest BCUT2D eigenvalue weighted by Gasteiger charge is 2.25. The van der Waals surface area contributed by atoms with E-state index in [4.69, 9.17) is 0 Å². The zero-order valence-corrected chi connectivity index (χ0v) is 10.9. The molecule has 2 rings (SSSR count). The van der Waals surface area contributed by atoms with E-state index < -0.39 is 11.4 Å². The van der Waals surface area contributed by atoms with Crippen molar-refractivity contribution in [3.63, 3.8) is 0 Å². The van der Waals surface area contributed by atoms with E-state index >= 15 is 0 Å². The molecule has 1 aromatic carbocycles. The lowest BCUT2D eigenvalue weighted by molar-refractivity contribution is 0.562. The molecule has 0 amide bonds. The average Bonchev–Trinajstić information content (AvgIpc) is 2.72. The summed E-state index contributed by atoms with van der Waals surface area (Å²) < 4.78 is 15.6. The first-order valence-electron chi connectivity index (χ1n) is 5.36. The number of benzene rings is 1. The van der Waals surface area contributed by atoms with Crippen LogP contribution in [0, 0.1) is 0 Å². The van der Waals surface area contributed by atoms with E-state index in [2.05, 4.69) is 14.6 Å². The van der Waals surface area contributed by atoms with Crippen molar-refractivity contribution < 1.29 is 4.55 Å². The summed E-state index contributed by atoms with van der Waals surface area (Å²) in [4.78, 5) is 0. The van der Waals surface area contributed by atoms with Gasteiger partial charge in [0, 0.05) is 10.9 Å². The molecule has 0 saturated carbocycles. The van der Waals surface area contributed by atoms with Crippen molar-refractivity contribution in [2.24, 2.45) is 4.40 Å². The van der Waals surface area contributed by atoms with Crippen LogP contribution in [0.15, 0.2) is 28.8 Å². The minimum absolute atomic E-state index is 0.333. The number of nitrogens with zero attached hydrogens (tertiary/aromatic N) is 2. The van der Waals surface area contributed by atoms with Crippen molar-refractivity contribution in [3.05, 3.63) is 30.0 Å². The third-order valence-electron chi connectivity index (χ3n) is 2.33. The molecule has 4 nitrogen and oxygen atoms in total. The van der Waals surface area contributed by atoms with Crippen molar-refractivity contribution in [1.29, 1.82) is 0 Å². The molecular formula is C12H15N3OS. The minimum Gasteiger partial charge on any atom is -0.591 e. The van der Waals surface area contributed by atoms with Gasteiger partial charge in [-0.2, -0.15) is 5.10 Å². The molecule has 1 heterocycles. The molecule has 0 bridgehead atoms. The molecule has 0 spiro atoms. The number of rotatable bonds is 2. The first kappa shape index (κ1) is 12.1. The lowest BCUT2D eigenvalue weighted by Gasteiger charge is -2.17. The number of nitrogens with one attached hydrogen (secondary N) is 1. The van der Waals surface area contributed by atoms with E-state index in [-0.39, 0.29) is 4.75 Å². The molecule has 0 aliphatic rings. The maximum atomic E-state index is 11.8. The summed E-state index contributed by atoms with van der Waals surface area (Å²) in [5, 5.41) is 7.85. The molecule has 2 aromatic rings. The largest absolute Gasteiger partial charge is 0.591 e. The van der Waals surface area contributed by atoms with Crippen molar-refractivity contribution in [2.45, 2.75) is 25.5 Å². The summed E-state index contributed by atoms with van der Waals surface area (Å²) in [5.41, 5.74) is 1.88. The van der Waals surface area contributed by atoms with Gasteiger partial charge in [0.1, 0.15) is 16.1 Å². The van der Waals surface area contributed by atoms with Crippen LogP contribution in [0.4, 0.5) is 0 Å². The van der Waals surface area contributed by atoms with Crippen LogP contribution in [0.3, 0.4) is 0 Å². The first-order chi connectivity index (χ1) is 7.98. The SMILES string of the molecule is CC(C)(C)[S@@+]([O-])N=Cc1cccc2[nH]ncc12.